The monoisotopic (exact) mass is 168 g/mol. The molecule has 12 heavy (non-hydrogen) atoms. The van der Waals surface area contributed by atoms with E-state index in [0.717, 1.165) is 0 Å². The predicted octanol–water partition coefficient (Wildman–Crippen LogP) is 1.17. The standard InChI is InChI=1S/C9H12O3/c1-3-8(10)9(11)7-4-6(2)12-5-7/h3-5,8-11H,1H2,2H3. The zero-order valence-corrected chi connectivity index (χ0v) is 6.90. The molecule has 1 heterocycles. The second kappa shape index (κ2) is 3.56. The Morgan fingerprint density at radius 3 is 2.67 bits per heavy atom. The van der Waals surface area contributed by atoms with Crippen LogP contribution in [-0.2, 0) is 0 Å². The number of aryl methyl sites for hydroxylation is 1. The molecule has 0 fully saturated rings. The van der Waals surface area contributed by atoms with Crippen molar-refractivity contribution >= 4 is 0 Å². The minimum Gasteiger partial charge on any atom is -0.469 e. The lowest BCUT2D eigenvalue weighted by atomic mass is 10.1. The summed E-state index contributed by atoms with van der Waals surface area (Å²) in [6.45, 7) is 5.15. The Balaban J connectivity index is 2.77. The molecule has 0 amide bonds. The van der Waals surface area contributed by atoms with Gasteiger partial charge >= 0.3 is 0 Å². The average Bonchev–Trinajstić information content (AvgIpc) is 2.49. The Morgan fingerprint density at radius 1 is 1.58 bits per heavy atom. The summed E-state index contributed by atoms with van der Waals surface area (Å²) in [6, 6.07) is 1.68. The highest BCUT2D eigenvalue weighted by molar-refractivity contribution is 5.17. The van der Waals surface area contributed by atoms with Crippen LogP contribution in [0.1, 0.15) is 17.4 Å². The highest BCUT2D eigenvalue weighted by atomic mass is 16.3. The maximum Gasteiger partial charge on any atom is 0.112 e. The first kappa shape index (κ1) is 9.03. The third-order valence-corrected chi connectivity index (χ3v) is 1.66. The highest BCUT2D eigenvalue weighted by Gasteiger charge is 2.16. The molecule has 3 heteroatoms. The summed E-state index contributed by atoms with van der Waals surface area (Å²) in [5.74, 6) is 0.709. The molecule has 0 aliphatic rings. The molecule has 1 rings (SSSR count). The zero-order chi connectivity index (χ0) is 9.14. The van der Waals surface area contributed by atoms with E-state index in [-0.39, 0.29) is 0 Å². The third kappa shape index (κ3) is 1.75. The van der Waals surface area contributed by atoms with Crippen LogP contribution in [0.3, 0.4) is 0 Å². The van der Waals surface area contributed by atoms with Crippen LogP contribution in [0.2, 0.25) is 0 Å². The molecule has 3 nitrogen and oxygen atoms in total. The van der Waals surface area contributed by atoms with Crippen molar-refractivity contribution in [3.8, 4) is 0 Å². The van der Waals surface area contributed by atoms with Crippen LogP contribution in [0.5, 0.6) is 0 Å². The summed E-state index contributed by atoms with van der Waals surface area (Å²) >= 11 is 0. The van der Waals surface area contributed by atoms with Crippen molar-refractivity contribution in [2.24, 2.45) is 0 Å². The Labute approximate surface area is 70.9 Å². The smallest absolute Gasteiger partial charge is 0.112 e. The number of aliphatic hydroxyl groups is 2. The molecule has 2 atom stereocenters. The van der Waals surface area contributed by atoms with Gasteiger partial charge < -0.3 is 14.6 Å². The molecule has 2 unspecified atom stereocenters. The molecule has 1 aromatic heterocycles. The van der Waals surface area contributed by atoms with Crippen molar-refractivity contribution in [2.45, 2.75) is 19.1 Å². The Kier molecular flexibility index (Phi) is 2.68. The van der Waals surface area contributed by atoms with Gasteiger partial charge in [0.1, 0.15) is 18.0 Å². The summed E-state index contributed by atoms with van der Waals surface area (Å²) in [6.07, 6.45) is 0.821. The van der Waals surface area contributed by atoms with E-state index >= 15 is 0 Å². The lowest BCUT2D eigenvalue weighted by Gasteiger charge is -2.11. The van der Waals surface area contributed by atoms with Crippen molar-refractivity contribution in [1.82, 2.24) is 0 Å². The van der Waals surface area contributed by atoms with E-state index in [0.29, 0.717) is 11.3 Å². The van der Waals surface area contributed by atoms with E-state index in [9.17, 15) is 10.2 Å². The van der Waals surface area contributed by atoms with Crippen LogP contribution in [0.4, 0.5) is 0 Å². The third-order valence-electron chi connectivity index (χ3n) is 1.66. The number of rotatable bonds is 3. The normalized spacial score (nSPS) is 15.6. The van der Waals surface area contributed by atoms with Gasteiger partial charge in [0.25, 0.3) is 0 Å². The molecular weight excluding hydrogens is 156 g/mol. The van der Waals surface area contributed by atoms with Crippen LogP contribution in [0.25, 0.3) is 0 Å². The highest BCUT2D eigenvalue weighted by Crippen LogP contribution is 2.19. The van der Waals surface area contributed by atoms with Gasteiger partial charge in [-0.15, -0.1) is 6.58 Å². The van der Waals surface area contributed by atoms with Gasteiger partial charge in [-0.3, -0.25) is 0 Å². The fraction of sp³-hybridized carbons (Fsp3) is 0.333. The quantitative estimate of drug-likeness (QED) is 0.666. The molecule has 0 aliphatic carbocycles. The summed E-state index contributed by atoms with van der Waals surface area (Å²) in [5.41, 5.74) is 0.569. The Bertz CT molecular complexity index is 264. The van der Waals surface area contributed by atoms with E-state index in [1.54, 1.807) is 13.0 Å². The van der Waals surface area contributed by atoms with Crippen molar-refractivity contribution in [1.29, 1.82) is 0 Å². The average molecular weight is 168 g/mol. The molecule has 0 saturated heterocycles. The molecule has 0 saturated carbocycles. The van der Waals surface area contributed by atoms with Gasteiger partial charge in [0, 0.05) is 5.56 Å². The first-order valence-electron chi connectivity index (χ1n) is 3.69. The van der Waals surface area contributed by atoms with Gasteiger partial charge in [-0.05, 0) is 13.0 Å². The van der Waals surface area contributed by atoms with Gasteiger partial charge in [0.05, 0.1) is 6.26 Å². The maximum absolute atomic E-state index is 9.42. The molecule has 0 bridgehead atoms. The molecule has 0 aromatic carbocycles. The predicted molar refractivity (Wildman–Crippen MR) is 44.6 cm³/mol. The SMILES string of the molecule is C=CC(O)C(O)c1coc(C)c1. The van der Waals surface area contributed by atoms with E-state index in [4.69, 9.17) is 4.42 Å². The summed E-state index contributed by atoms with van der Waals surface area (Å²) in [5, 5.41) is 18.6. The van der Waals surface area contributed by atoms with Gasteiger partial charge in [-0.25, -0.2) is 0 Å². The first-order valence-corrected chi connectivity index (χ1v) is 3.69. The van der Waals surface area contributed by atoms with Gasteiger partial charge in [-0.2, -0.15) is 0 Å². The van der Waals surface area contributed by atoms with Crippen molar-refractivity contribution in [3.05, 3.63) is 36.3 Å². The molecule has 2 N–H and O–H groups in total. The number of furan rings is 1. The minimum absolute atomic E-state index is 0.569. The van der Waals surface area contributed by atoms with E-state index < -0.39 is 12.2 Å². The lowest BCUT2D eigenvalue weighted by molar-refractivity contribution is 0.0481. The molecule has 66 valence electrons. The van der Waals surface area contributed by atoms with E-state index in [2.05, 4.69) is 6.58 Å². The van der Waals surface area contributed by atoms with Crippen LogP contribution in [0.15, 0.2) is 29.4 Å². The summed E-state index contributed by atoms with van der Waals surface area (Å²) in [7, 11) is 0. The topological polar surface area (TPSA) is 53.6 Å². The fourth-order valence-corrected chi connectivity index (χ4v) is 0.945. The second-order valence-electron chi connectivity index (χ2n) is 2.66. The van der Waals surface area contributed by atoms with E-state index in [1.165, 1.54) is 12.3 Å². The van der Waals surface area contributed by atoms with Crippen molar-refractivity contribution < 1.29 is 14.6 Å². The number of hydrogen-bond donors (Lipinski definition) is 2. The zero-order valence-electron chi connectivity index (χ0n) is 6.90. The lowest BCUT2D eigenvalue weighted by Crippen LogP contribution is -2.14. The van der Waals surface area contributed by atoms with Crippen LogP contribution in [0, 0.1) is 6.92 Å². The molecular formula is C9H12O3. The Hall–Kier alpha value is -1.06. The van der Waals surface area contributed by atoms with E-state index in [1.807, 2.05) is 0 Å². The van der Waals surface area contributed by atoms with Gasteiger partial charge in [0.2, 0.25) is 0 Å². The molecule has 0 aliphatic heterocycles. The minimum atomic E-state index is -0.944. The molecule has 0 spiro atoms. The Morgan fingerprint density at radius 2 is 2.25 bits per heavy atom. The van der Waals surface area contributed by atoms with Crippen molar-refractivity contribution in [2.75, 3.05) is 0 Å². The molecule has 1 aromatic rings. The summed E-state index contributed by atoms with van der Waals surface area (Å²) in [4.78, 5) is 0. The van der Waals surface area contributed by atoms with Crippen molar-refractivity contribution in [3.63, 3.8) is 0 Å². The largest absolute Gasteiger partial charge is 0.469 e. The summed E-state index contributed by atoms with van der Waals surface area (Å²) < 4.78 is 4.97. The second-order valence-corrected chi connectivity index (χ2v) is 2.66. The van der Waals surface area contributed by atoms with Crippen LogP contribution < -0.4 is 0 Å². The number of hydrogen-bond acceptors (Lipinski definition) is 3. The number of aliphatic hydroxyl groups excluding tert-OH is 2. The van der Waals surface area contributed by atoms with Crippen LogP contribution in [-0.4, -0.2) is 16.3 Å². The fourth-order valence-electron chi connectivity index (χ4n) is 0.945. The first-order chi connectivity index (χ1) is 5.65. The molecule has 0 radical (unpaired) electrons. The van der Waals surface area contributed by atoms with Gasteiger partial charge in [0.15, 0.2) is 0 Å². The maximum atomic E-state index is 9.42. The van der Waals surface area contributed by atoms with Gasteiger partial charge in [-0.1, -0.05) is 6.08 Å². The van der Waals surface area contributed by atoms with Crippen LogP contribution >= 0.6 is 0 Å².